The maximum Gasteiger partial charge on any atom is 0.244 e. The van der Waals surface area contributed by atoms with Crippen LogP contribution < -0.4 is 11.1 Å². The molecule has 0 atom stereocenters. The van der Waals surface area contributed by atoms with Crippen LogP contribution in [0, 0.1) is 0 Å². The van der Waals surface area contributed by atoms with Crippen LogP contribution in [0.4, 0.5) is 11.9 Å². The summed E-state index contributed by atoms with van der Waals surface area (Å²) in [6, 6.07) is 10.4. The highest BCUT2D eigenvalue weighted by atomic mass is 15.4. The Morgan fingerprint density at radius 3 is 2.55 bits per heavy atom. The van der Waals surface area contributed by atoms with Gasteiger partial charge in [0.1, 0.15) is 0 Å². The Labute approximate surface area is 120 Å². The highest BCUT2D eigenvalue weighted by molar-refractivity contribution is 5.33. The summed E-state index contributed by atoms with van der Waals surface area (Å²) >= 11 is 0. The summed E-state index contributed by atoms with van der Waals surface area (Å²) in [7, 11) is 0. The van der Waals surface area contributed by atoms with Crippen molar-refractivity contribution in [2.75, 3.05) is 11.1 Å². The van der Waals surface area contributed by atoms with Crippen LogP contribution in [0.3, 0.4) is 0 Å². The molecule has 0 aliphatic rings. The third-order valence-electron chi connectivity index (χ3n) is 2.87. The molecule has 1 aromatic carbocycles. The maximum absolute atomic E-state index is 5.89. The molecular weight excluding hydrogens is 250 g/mol. The van der Waals surface area contributed by atoms with Gasteiger partial charge in [-0.2, -0.15) is 4.98 Å². The fourth-order valence-corrected chi connectivity index (χ4v) is 1.98. The second-order valence-electron chi connectivity index (χ2n) is 5.98. The molecule has 2 aromatic rings. The summed E-state index contributed by atoms with van der Waals surface area (Å²) in [6.45, 7) is 6.98. The van der Waals surface area contributed by atoms with Crippen LogP contribution in [0.1, 0.15) is 32.8 Å². The second kappa shape index (κ2) is 5.94. The van der Waals surface area contributed by atoms with Crippen LogP contribution in [0.25, 0.3) is 0 Å². The average molecular weight is 273 g/mol. The summed E-state index contributed by atoms with van der Waals surface area (Å²) in [5.41, 5.74) is 7.15. The van der Waals surface area contributed by atoms with E-state index in [4.69, 9.17) is 5.73 Å². The largest absolute Gasteiger partial charge is 0.368 e. The third kappa shape index (κ3) is 4.26. The second-order valence-corrected chi connectivity index (χ2v) is 5.98. The van der Waals surface area contributed by atoms with Gasteiger partial charge in [-0.1, -0.05) is 30.3 Å². The van der Waals surface area contributed by atoms with Crippen molar-refractivity contribution in [3.8, 4) is 0 Å². The Bertz CT molecular complexity index is 539. The number of nitrogen functional groups attached to an aromatic ring is 1. The van der Waals surface area contributed by atoms with Gasteiger partial charge >= 0.3 is 0 Å². The van der Waals surface area contributed by atoms with Gasteiger partial charge in [0.15, 0.2) is 0 Å². The summed E-state index contributed by atoms with van der Waals surface area (Å²) in [5.74, 6) is 1.06. The zero-order valence-electron chi connectivity index (χ0n) is 12.4. The van der Waals surface area contributed by atoms with Crippen molar-refractivity contribution in [3.63, 3.8) is 0 Å². The molecule has 5 nitrogen and oxygen atoms in total. The lowest BCUT2D eigenvalue weighted by Crippen LogP contribution is -2.26. The van der Waals surface area contributed by atoms with E-state index in [1.807, 2.05) is 6.07 Å². The fourth-order valence-electron chi connectivity index (χ4n) is 1.98. The lowest BCUT2D eigenvalue weighted by atomic mass is 10.1. The van der Waals surface area contributed by atoms with Gasteiger partial charge in [0.05, 0.1) is 0 Å². The van der Waals surface area contributed by atoms with Crippen LogP contribution >= 0.6 is 0 Å². The lowest BCUT2D eigenvalue weighted by Gasteiger charge is -2.18. The molecule has 0 radical (unpaired) electrons. The Morgan fingerprint density at radius 2 is 1.90 bits per heavy atom. The van der Waals surface area contributed by atoms with E-state index in [2.05, 4.69) is 60.4 Å². The van der Waals surface area contributed by atoms with E-state index in [1.165, 1.54) is 5.56 Å². The van der Waals surface area contributed by atoms with E-state index in [-0.39, 0.29) is 5.54 Å². The zero-order valence-corrected chi connectivity index (χ0v) is 12.4. The quantitative estimate of drug-likeness (QED) is 0.879. The van der Waals surface area contributed by atoms with Gasteiger partial charge in [0.2, 0.25) is 11.9 Å². The van der Waals surface area contributed by atoms with E-state index in [9.17, 15) is 0 Å². The molecule has 1 heterocycles. The molecule has 5 heteroatoms. The number of hydrogen-bond donors (Lipinski definition) is 2. The normalized spacial score (nSPS) is 11.6. The monoisotopic (exact) mass is 273 g/mol. The molecular formula is C15H23N5. The van der Waals surface area contributed by atoms with Crippen molar-refractivity contribution >= 4 is 11.9 Å². The molecule has 0 aliphatic carbocycles. The minimum absolute atomic E-state index is 0.0668. The van der Waals surface area contributed by atoms with Gasteiger partial charge in [-0.05, 0) is 39.2 Å². The molecule has 3 N–H and O–H groups in total. The Morgan fingerprint density at radius 1 is 1.20 bits per heavy atom. The average Bonchev–Trinajstić information content (AvgIpc) is 2.68. The van der Waals surface area contributed by atoms with Crippen molar-refractivity contribution in [2.24, 2.45) is 0 Å². The summed E-state index contributed by atoms with van der Waals surface area (Å²) in [6.07, 6.45) is 2.01. The maximum atomic E-state index is 5.89. The Balaban J connectivity index is 1.90. The van der Waals surface area contributed by atoms with Crippen molar-refractivity contribution in [1.29, 1.82) is 0 Å². The molecule has 0 spiro atoms. The predicted molar refractivity (Wildman–Crippen MR) is 82.6 cm³/mol. The molecule has 0 saturated heterocycles. The number of rotatable bonds is 5. The fraction of sp³-hybridized carbons (Fsp3) is 0.467. The van der Waals surface area contributed by atoms with Crippen molar-refractivity contribution in [2.45, 2.75) is 45.7 Å². The molecule has 0 aliphatic heterocycles. The molecule has 108 valence electrons. The van der Waals surface area contributed by atoms with Gasteiger partial charge in [-0.3, -0.25) is 0 Å². The molecule has 0 unspecified atom stereocenters. The van der Waals surface area contributed by atoms with Gasteiger partial charge in [0.25, 0.3) is 0 Å². The van der Waals surface area contributed by atoms with E-state index in [1.54, 1.807) is 4.68 Å². The van der Waals surface area contributed by atoms with Crippen LogP contribution in [0.15, 0.2) is 30.3 Å². The SMILES string of the molecule is CC(C)(C)Nc1nc(N)n(CCCc2ccccc2)n1. The first-order valence-electron chi connectivity index (χ1n) is 6.96. The van der Waals surface area contributed by atoms with Gasteiger partial charge in [-0.25, -0.2) is 4.68 Å². The molecule has 0 saturated carbocycles. The van der Waals surface area contributed by atoms with E-state index < -0.39 is 0 Å². The highest BCUT2D eigenvalue weighted by Gasteiger charge is 2.14. The first-order chi connectivity index (χ1) is 9.44. The zero-order chi connectivity index (χ0) is 14.6. The van der Waals surface area contributed by atoms with Gasteiger partial charge in [0, 0.05) is 12.1 Å². The van der Waals surface area contributed by atoms with E-state index in [0.29, 0.717) is 11.9 Å². The Hall–Kier alpha value is -2.04. The van der Waals surface area contributed by atoms with Gasteiger partial charge in [-0.15, -0.1) is 5.10 Å². The Kier molecular flexibility index (Phi) is 4.27. The molecule has 1 aromatic heterocycles. The molecule has 0 amide bonds. The molecule has 2 rings (SSSR count). The van der Waals surface area contributed by atoms with E-state index >= 15 is 0 Å². The summed E-state index contributed by atoms with van der Waals surface area (Å²) in [4.78, 5) is 4.24. The van der Waals surface area contributed by atoms with Crippen LogP contribution in [0.5, 0.6) is 0 Å². The van der Waals surface area contributed by atoms with Crippen molar-refractivity contribution in [1.82, 2.24) is 14.8 Å². The molecule has 20 heavy (non-hydrogen) atoms. The van der Waals surface area contributed by atoms with Crippen molar-refractivity contribution in [3.05, 3.63) is 35.9 Å². The highest BCUT2D eigenvalue weighted by Crippen LogP contribution is 2.13. The molecule has 0 bridgehead atoms. The smallest absolute Gasteiger partial charge is 0.244 e. The first-order valence-corrected chi connectivity index (χ1v) is 6.96. The summed E-state index contributed by atoms with van der Waals surface area (Å²) in [5, 5.41) is 7.62. The first kappa shape index (κ1) is 14.4. The predicted octanol–water partition coefficient (Wildman–Crippen LogP) is 2.70. The topological polar surface area (TPSA) is 68.8 Å². The molecule has 0 fully saturated rings. The minimum Gasteiger partial charge on any atom is -0.368 e. The van der Waals surface area contributed by atoms with Crippen molar-refractivity contribution < 1.29 is 0 Å². The minimum atomic E-state index is -0.0668. The van der Waals surface area contributed by atoms with Crippen LogP contribution in [0.2, 0.25) is 0 Å². The van der Waals surface area contributed by atoms with Crippen LogP contribution in [-0.4, -0.2) is 20.3 Å². The third-order valence-corrected chi connectivity index (χ3v) is 2.87. The van der Waals surface area contributed by atoms with E-state index in [0.717, 1.165) is 19.4 Å². The lowest BCUT2D eigenvalue weighted by molar-refractivity contribution is 0.579. The number of hydrogen-bond acceptors (Lipinski definition) is 4. The number of aromatic nitrogens is 3. The number of anilines is 2. The van der Waals surface area contributed by atoms with Crippen LogP contribution in [-0.2, 0) is 13.0 Å². The standard InChI is InChI=1S/C15H23N5/c1-15(2,3)18-14-17-13(16)20(19-14)11-7-10-12-8-5-4-6-9-12/h4-6,8-9H,7,10-11H2,1-3H3,(H3,16,17,18,19). The number of nitrogens with one attached hydrogen (secondary N) is 1. The number of benzene rings is 1. The number of nitrogens with zero attached hydrogens (tertiary/aromatic N) is 3. The summed E-state index contributed by atoms with van der Waals surface area (Å²) < 4.78 is 1.76. The number of nitrogens with two attached hydrogens (primary N) is 1. The number of aryl methyl sites for hydroxylation is 2. The van der Waals surface area contributed by atoms with Gasteiger partial charge < -0.3 is 11.1 Å².